The number of aromatic nitrogens is 2. The standard InChI is InChI=1S/C20H24N4O2/c1-12-17-16(10-20(2,3)23(19(17)26)11-13-4-5-13)24(22-12)15-8-6-14(7-9-15)18(21)25/h6-9,13H,4-5,10-11H2,1-3H3,(H2,21,25). The first kappa shape index (κ1) is 16.8. The molecule has 0 radical (unpaired) electrons. The number of rotatable bonds is 4. The number of amides is 2. The Labute approximate surface area is 153 Å². The molecule has 2 N–H and O–H groups in total. The molecule has 2 heterocycles. The molecular weight excluding hydrogens is 328 g/mol. The molecule has 136 valence electrons. The second kappa shape index (κ2) is 5.69. The van der Waals surface area contributed by atoms with Gasteiger partial charge in [0.2, 0.25) is 5.91 Å². The summed E-state index contributed by atoms with van der Waals surface area (Å²) >= 11 is 0. The van der Waals surface area contributed by atoms with Crippen molar-refractivity contribution in [2.75, 3.05) is 6.54 Å². The first-order chi connectivity index (χ1) is 12.3. The van der Waals surface area contributed by atoms with Crippen LogP contribution in [0.3, 0.4) is 0 Å². The van der Waals surface area contributed by atoms with Crippen molar-refractivity contribution in [1.82, 2.24) is 14.7 Å². The van der Waals surface area contributed by atoms with Crippen LogP contribution in [0.5, 0.6) is 0 Å². The average Bonchev–Trinajstić information content (AvgIpc) is 3.34. The van der Waals surface area contributed by atoms with E-state index in [9.17, 15) is 9.59 Å². The summed E-state index contributed by atoms with van der Waals surface area (Å²) in [5.74, 6) is 0.277. The third-order valence-corrected chi connectivity index (χ3v) is 5.48. The molecule has 2 aliphatic rings. The Hall–Kier alpha value is -2.63. The maximum atomic E-state index is 13.2. The molecule has 1 aliphatic carbocycles. The molecule has 26 heavy (non-hydrogen) atoms. The molecule has 2 amide bonds. The first-order valence-corrected chi connectivity index (χ1v) is 9.08. The van der Waals surface area contributed by atoms with Gasteiger partial charge in [0.05, 0.1) is 22.6 Å². The fourth-order valence-corrected chi connectivity index (χ4v) is 3.80. The summed E-state index contributed by atoms with van der Waals surface area (Å²) in [5.41, 5.74) is 8.78. The Balaban J connectivity index is 1.76. The van der Waals surface area contributed by atoms with Gasteiger partial charge in [-0.15, -0.1) is 0 Å². The molecule has 4 rings (SSSR count). The van der Waals surface area contributed by atoms with Gasteiger partial charge in [0, 0.05) is 24.1 Å². The number of nitrogens with zero attached hydrogens (tertiary/aromatic N) is 3. The quantitative estimate of drug-likeness (QED) is 0.918. The monoisotopic (exact) mass is 352 g/mol. The molecule has 6 nitrogen and oxygen atoms in total. The zero-order chi connectivity index (χ0) is 18.6. The minimum absolute atomic E-state index is 0.0839. The molecule has 0 bridgehead atoms. The third kappa shape index (κ3) is 2.69. The lowest BCUT2D eigenvalue weighted by molar-refractivity contribution is 0.0487. The van der Waals surface area contributed by atoms with Gasteiger partial charge >= 0.3 is 0 Å². The van der Waals surface area contributed by atoms with Crippen molar-refractivity contribution in [3.8, 4) is 5.69 Å². The van der Waals surface area contributed by atoms with Crippen LogP contribution in [-0.4, -0.2) is 38.6 Å². The van der Waals surface area contributed by atoms with Crippen molar-refractivity contribution in [3.63, 3.8) is 0 Å². The molecule has 0 saturated heterocycles. The largest absolute Gasteiger partial charge is 0.366 e. The zero-order valence-electron chi connectivity index (χ0n) is 15.5. The lowest BCUT2D eigenvalue weighted by atomic mass is 9.87. The molecule has 1 aromatic carbocycles. The fourth-order valence-electron chi connectivity index (χ4n) is 3.80. The molecule has 0 unspecified atom stereocenters. The first-order valence-electron chi connectivity index (χ1n) is 9.08. The molecule has 1 fully saturated rings. The Bertz CT molecular complexity index is 891. The molecule has 0 atom stereocenters. The van der Waals surface area contributed by atoms with E-state index in [0.29, 0.717) is 11.5 Å². The van der Waals surface area contributed by atoms with Gasteiger partial charge in [0.15, 0.2) is 0 Å². The number of nitrogens with two attached hydrogens (primary N) is 1. The maximum absolute atomic E-state index is 13.2. The van der Waals surface area contributed by atoms with E-state index in [-0.39, 0.29) is 11.4 Å². The van der Waals surface area contributed by atoms with E-state index >= 15 is 0 Å². The van der Waals surface area contributed by atoms with Gasteiger partial charge in [-0.3, -0.25) is 9.59 Å². The topological polar surface area (TPSA) is 81.2 Å². The summed E-state index contributed by atoms with van der Waals surface area (Å²) in [6.45, 7) is 6.97. The third-order valence-electron chi connectivity index (χ3n) is 5.48. The van der Waals surface area contributed by atoms with Crippen LogP contribution in [0.15, 0.2) is 24.3 Å². The zero-order valence-corrected chi connectivity index (χ0v) is 15.5. The molecule has 0 spiro atoms. The van der Waals surface area contributed by atoms with Gasteiger partial charge in [-0.05, 0) is 63.8 Å². The number of benzene rings is 1. The van der Waals surface area contributed by atoms with Gasteiger partial charge < -0.3 is 10.6 Å². The van der Waals surface area contributed by atoms with Gasteiger partial charge in [-0.1, -0.05) is 0 Å². The van der Waals surface area contributed by atoms with Crippen LogP contribution >= 0.6 is 0 Å². The number of fused-ring (bicyclic) bond motifs is 1. The summed E-state index contributed by atoms with van der Waals surface area (Å²) in [6.07, 6.45) is 3.19. The van der Waals surface area contributed by atoms with Crippen LogP contribution in [0.1, 0.15) is 58.8 Å². The highest BCUT2D eigenvalue weighted by atomic mass is 16.2. The molecule has 1 saturated carbocycles. The van der Waals surface area contributed by atoms with E-state index in [1.54, 1.807) is 12.1 Å². The van der Waals surface area contributed by atoms with Crippen molar-refractivity contribution in [1.29, 1.82) is 0 Å². The normalized spacial score (nSPS) is 18.7. The Morgan fingerprint density at radius 1 is 1.27 bits per heavy atom. The minimum Gasteiger partial charge on any atom is -0.366 e. The van der Waals surface area contributed by atoms with E-state index < -0.39 is 5.91 Å². The molecule has 6 heteroatoms. The molecule has 1 aliphatic heterocycles. The second-order valence-electron chi connectivity index (χ2n) is 8.08. The van der Waals surface area contributed by atoms with Crippen molar-refractivity contribution >= 4 is 11.8 Å². The second-order valence-corrected chi connectivity index (χ2v) is 8.08. The SMILES string of the molecule is Cc1nn(-c2ccc(C(N)=O)cc2)c2c1C(=O)N(CC1CC1)C(C)(C)C2. The summed E-state index contributed by atoms with van der Waals surface area (Å²) < 4.78 is 1.84. The number of carbonyl (C=O) groups excluding carboxylic acids is 2. The van der Waals surface area contributed by atoms with Gasteiger partial charge in [0.1, 0.15) is 0 Å². The number of primary amides is 1. The highest BCUT2D eigenvalue weighted by molar-refractivity contribution is 5.98. The van der Waals surface area contributed by atoms with E-state index in [1.807, 2.05) is 28.6 Å². The number of hydrogen-bond acceptors (Lipinski definition) is 3. The van der Waals surface area contributed by atoms with E-state index in [1.165, 1.54) is 12.8 Å². The van der Waals surface area contributed by atoms with Crippen LogP contribution in [0.25, 0.3) is 5.69 Å². The molecule has 1 aromatic heterocycles. The van der Waals surface area contributed by atoms with Gasteiger partial charge in [-0.2, -0.15) is 5.10 Å². The molecular formula is C20H24N4O2. The number of aryl methyl sites for hydroxylation is 1. The fraction of sp³-hybridized carbons (Fsp3) is 0.450. The smallest absolute Gasteiger partial charge is 0.258 e. The molecule has 2 aromatic rings. The van der Waals surface area contributed by atoms with Crippen LogP contribution in [0.4, 0.5) is 0 Å². The lowest BCUT2D eigenvalue weighted by Crippen LogP contribution is -2.53. The summed E-state index contributed by atoms with van der Waals surface area (Å²) in [7, 11) is 0. The predicted molar refractivity (Wildman–Crippen MR) is 98.4 cm³/mol. The number of hydrogen-bond donors (Lipinski definition) is 1. The van der Waals surface area contributed by atoms with Crippen LogP contribution < -0.4 is 5.73 Å². The van der Waals surface area contributed by atoms with Crippen LogP contribution in [0.2, 0.25) is 0 Å². The maximum Gasteiger partial charge on any atom is 0.258 e. The minimum atomic E-state index is -0.456. The van der Waals surface area contributed by atoms with E-state index in [2.05, 4.69) is 18.9 Å². The number of carbonyl (C=O) groups is 2. The summed E-state index contributed by atoms with van der Waals surface area (Å²) in [5, 5.41) is 4.64. The Kier molecular flexibility index (Phi) is 3.68. The van der Waals surface area contributed by atoms with E-state index in [4.69, 9.17) is 5.73 Å². The van der Waals surface area contributed by atoms with Crippen molar-refractivity contribution < 1.29 is 9.59 Å². The highest BCUT2D eigenvalue weighted by Gasteiger charge is 2.43. The van der Waals surface area contributed by atoms with Gasteiger partial charge in [0.25, 0.3) is 5.91 Å². The van der Waals surface area contributed by atoms with Crippen molar-refractivity contribution in [2.24, 2.45) is 11.7 Å². The predicted octanol–water partition coefficient (Wildman–Crippen LogP) is 2.47. The Morgan fingerprint density at radius 2 is 1.92 bits per heavy atom. The van der Waals surface area contributed by atoms with Crippen molar-refractivity contribution in [3.05, 3.63) is 46.8 Å². The van der Waals surface area contributed by atoms with E-state index in [0.717, 1.165) is 35.6 Å². The average molecular weight is 352 g/mol. The van der Waals surface area contributed by atoms with Crippen LogP contribution in [-0.2, 0) is 6.42 Å². The lowest BCUT2D eigenvalue weighted by Gasteiger charge is -2.42. The summed E-state index contributed by atoms with van der Waals surface area (Å²) in [4.78, 5) is 26.5. The Morgan fingerprint density at radius 3 is 2.50 bits per heavy atom. The summed E-state index contributed by atoms with van der Waals surface area (Å²) in [6, 6.07) is 7.02. The van der Waals surface area contributed by atoms with Crippen molar-refractivity contribution in [2.45, 2.75) is 45.6 Å². The van der Waals surface area contributed by atoms with Crippen LogP contribution in [0, 0.1) is 12.8 Å². The highest BCUT2D eigenvalue weighted by Crippen LogP contribution is 2.38. The van der Waals surface area contributed by atoms with Gasteiger partial charge in [-0.25, -0.2) is 4.68 Å².